The number of benzene rings is 2. The fourth-order valence-electron chi connectivity index (χ4n) is 1.64. The average molecular weight is 443 g/mol. The van der Waals surface area contributed by atoms with Crippen LogP contribution in [-0.4, -0.2) is 0 Å². The zero-order valence-corrected chi connectivity index (χ0v) is 14.8. The van der Waals surface area contributed by atoms with E-state index in [2.05, 4.69) is 31.9 Å². The summed E-state index contributed by atoms with van der Waals surface area (Å²) in [5.74, 6) is 0.539. The second-order valence-electron chi connectivity index (χ2n) is 4.02. The van der Waals surface area contributed by atoms with Crippen molar-refractivity contribution in [1.29, 1.82) is 0 Å². The molecule has 0 bridgehead atoms. The van der Waals surface area contributed by atoms with Gasteiger partial charge >= 0.3 is 0 Å². The molecule has 0 spiro atoms. The van der Waals surface area contributed by atoms with Gasteiger partial charge in [0.1, 0.15) is 18.2 Å². The lowest BCUT2D eigenvalue weighted by Crippen LogP contribution is -2.00. The van der Waals surface area contributed by atoms with Crippen molar-refractivity contribution in [2.45, 2.75) is 12.5 Å². The van der Waals surface area contributed by atoms with E-state index in [4.69, 9.17) is 27.9 Å². The molecule has 2 aromatic rings. The van der Waals surface area contributed by atoms with Crippen molar-refractivity contribution in [3.05, 3.63) is 61.2 Å². The zero-order valence-electron chi connectivity index (χ0n) is 10.1. The summed E-state index contributed by atoms with van der Waals surface area (Å²) in [6.07, 6.45) is 0. The van der Waals surface area contributed by atoms with Gasteiger partial charge in [-0.1, -0.05) is 23.7 Å². The number of hydrogen-bond donors (Lipinski definition) is 0. The molecule has 0 aliphatic heterocycles. The summed E-state index contributed by atoms with van der Waals surface area (Å²) in [6, 6.07) is 8.55. The van der Waals surface area contributed by atoms with Crippen LogP contribution in [0.2, 0.25) is 5.02 Å². The van der Waals surface area contributed by atoms with E-state index in [0.29, 0.717) is 17.2 Å². The quantitative estimate of drug-likeness (QED) is 0.503. The van der Waals surface area contributed by atoms with E-state index >= 15 is 0 Å². The molecule has 106 valence electrons. The summed E-state index contributed by atoms with van der Waals surface area (Å²) in [5.41, 5.74) is 1.35. The number of rotatable bonds is 4. The highest BCUT2D eigenvalue weighted by Gasteiger charge is 2.11. The van der Waals surface area contributed by atoms with Crippen molar-refractivity contribution >= 4 is 55.1 Å². The van der Waals surface area contributed by atoms with E-state index in [1.807, 2.05) is 12.1 Å². The van der Waals surface area contributed by atoms with Crippen LogP contribution in [0.15, 0.2) is 39.3 Å². The maximum atomic E-state index is 13.8. The van der Waals surface area contributed by atoms with Gasteiger partial charge in [0.2, 0.25) is 0 Å². The van der Waals surface area contributed by atoms with Gasteiger partial charge in [0.05, 0.1) is 14.0 Å². The number of halogens is 5. The Morgan fingerprint density at radius 1 is 1.15 bits per heavy atom. The molecule has 0 saturated carbocycles. The SMILES string of the molecule is Fc1c(Cl)cccc1COc1c(Br)cc(CCl)cc1Br. The summed E-state index contributed by atoms with van der Waals surface area (Å²) in [7, 11) is 0. The molecular weight excluding hydrogens is 434 g/mol. The second-order valence-corrected chi connectivity index (χ2v) is 6.41. The summed E-state index contributed by atoms with van der Waals surface area (Å²) >= 11 is 18.3. The van der Waals surface area contributed by atoms with Crippen LogP contribution in [0, 0.1) is 5.82 Å². The predicted molar refractivity (Wildman–Crippen MR) is 87.1 cm³/mol. The van der Waals surface area contributed by atoms with Crippen molar-refractivity contribution in [1.82, 2.24) is 0 Å². The van der Waals surface area contributed by atoms with Gasteiger partial charge in [0.15, 0.2) is 0 Å². The lowest BCUT2D eigenvalue weighted by Gasteiger charge is -2.12. The van der Waals surface area contributed by atoms with Crippen LogP contribution in [-0.2, 0) is 12.5 Å². The van der Waals surface area contributed by atoms with E-state index in [0.717, 1.165) is 14.5 Å². The fourth-order valence-corrected chi connectivity index (χ4v) is 3.50. The molecule has 0 aliphatic rings. The largest absolute Gasteiger partial charge is 0.486 e. The first-order valence-electron chi connectivity index (χ1n) is 5.62. The van der Waals surface area contributed by atoms with Crippen LogP contribution < -0.4 is 4.74 Å². The molecule has 0 fully saturated rings. The van der Waals surface area contributed by atoms with E-state index < -0.39 is 5.82 Å². The Hall–Kier alpha value is -0.290. The monoisotopic (exact) mass is 440 g/mol. The Morgan fingerprint density at radius 3 is 2.40 bits per heavy atom. The van der Waals surface area contributed by atoms with Gasteiger partial charge in [-0.3, -0.25) is 0 Å². The minimum Gasteiger partial charge on any atom is -0.486 e. The van der Waals surface area contributed by atoms with Gasteiger partial charge in [0, 0.05) is 11.4 Å². The highest BCUT2D eigenvalue weighted by atomic mass is 79.9. The van der Waals surface area contributed by atoms with Gasteiger partial charge in [-0.25, -0.2) is 4.39 Å². The van der Waals surface area contributed by atoms with Crippen LogP contribution in [0.5, 0.6) is 5.75 Å². The molecule has 0 aromatic heterocycles. The molecule has 0 unspecified atom stereocenters. The molecule has 2 rings (SSSR count). The third kappa shape index (κ3) is 3.67. The van der Waals surface area contributed by atoms with Crippen LogP contribution in [0.1, 0.15) is 11.1 Å². The van der Waals surface area contributed by atoms with Crippen molar-refractivity contribution in [3.8, 4) is 5.75 Å². The highest BCUT2D eigenvalue weighted by Crippen LogP contribution is 2.36. The van der Waals surface area contributed by atoms with Gasteiger partial charge in [-0.15, -0.1) is 11.6 Å². The molecule has 2 aromatic carbocycles. The molecule has 0 aliphatic carbocycles. The number of alkyl halides is 1. The molecular formula is C14H9Br2Cl2FO. The van der Waals surface area contributed by atoms with Crippen LogP contribution in [0.3, 0.4) is 0 Å². The minimum absolute atomic E-state index is 0.0849. The first-order chi connectivity index (χ1) is 9.52. The Bertz CT molecular complexity index is 612. The Morgan fingerprint density at radius 2 is 1.80 bits per heavy atom. The number of ether oxygens (including phenoxy) is 1. The molecule has 20 heavy (non-hydrogen) atoms. The lowest BCUT2D eigenvalue weighted by molar-refractivity contribution is 0.296. The van der Waals surface area contributed by atoms with Crippen molar-refractivity contribution in [2.24, 2.45) is 0 Å². The molecule has 1 nitrogen and oxygen atoms in total. The zero-order chi connectivity index (χ0) is 14.7. The van der Waals surface area contributed by atoms with Crippen molar-refractivity contribution in [3.63, 3.8) is 0 Å². The standard InChI is InChI=1S/C14H9Br2Cl2FO/c15-10-4-8(6-17)5-11(16)14(10)20-7-9-2-1-3-12(18)13(9)19/h1-5H,6-7H2. The van der Waals surface area contributed by atoms with Crippen molar-refractivity contribution in [2.75, 3.05) is 0 Å². The van der Waals surface area contributed by atoms with Gasteiger partial charge in [0.25, 0.3) is 0 Å². The van der Waals surface area contributed by atoms with E-state index in [-0.39, 0.29) is 11.6 Å². The smallest absolute Gasteiger partial charge is 0.148 e. The molecule has 0 heterocycles. The number of hydrogen-bond acceptors (Lipinski definition) is 1. The first-order valence-corrected chi connectivity index (χ1v) is 8.12. The van der Waals surface area contributed by atoms with Crippen molar-refractivity contribution < 1.29 is 9.13 Å². The normalized spacial score (nSPS) is 10.7. The van der Waals surface area contributed by atoms with Crippen LogP contribution >= 0.6 is 55.1 Å². The molecule has 0 N–H and O–H groups in total. The van der Waals surface area contributed by atoms with Gasteiger partial charge in [-0.05, 0) is 55.6 Å². The topological polar surface area (TPSA) is 9.23 Å². The van der Waals surface area contributed by atoms with Gasteiger partial charge < -0.3 is 4.74 Å². The maximum absolute atomic E-state index is 13.8. The molecule has 0 radical (unpaired) electrons. The first kappa shape index (κ1) is 16.1. The van der Waals surface area contributed by atoms with Crippen LogP contribution in [0.25, 0.3) is 0 Å². The Labute approximate surface area is 143 Å². The van der Waals surface area contributed by atoms with E-state index in [1.165, 1.54) is 6.07 Å². The Balaban J connectivity index is 2.21. The molecule has 6 heteroatoms. The lowest BCUT2D eigenvalue weighted by atomic mass is 10.2. The predicted octanol–water partition coefficient (Wildman–Crippen LogP) is 6.32. The maximum Gasteiger partial charge on any atom is 0.148 e. The summed E-state index contributed by atoms with van der Waals surface area (Å²) in [6.45, 7) is 0.0871. The fraction of sp³-hybridized carbons (Fsp3) is 0.143. The minimum atomic E-state index is -0.459. The molecule has 0 atom stereocenters. The van der Waals surface area contributed by atoms with E-state index in [9.17, 15) is 4.39 Å². The second kappa shape index (κ2) is 7.12. The van der Waals surface area contributed by atoms with Crippen LogP contribution in [0.4, 0.5) is 4.39 Å². The highest BCUT2D eigenvalue weighted by molar-refractivity contribution is 9.11. The molecule has 0 amide bonds. The molecule has 0 saturated heterocycles. The summed E-state index contributed by atoms with van der Waals surface area (Å²) in [4.78, 5) is 0. The average Bonchev–Trinajstić information content (AvgIpc) is 2.42. The van der Waals surface area contributed by atoms with E-state index in [1.54, 1.807) is 12.1 Å². The summed E-state index contributed by atoms with van der Waals surface area (Å²) < 4.78 is 20.9. The summed E-state index contributed by atoms with van der Waals surface area (Å²) in [5, 5.41) is 0.0849. The Kier molecular flexibility index (Phi) is 5.73. The van der Waals surface area contributed by atoms with Gasteiger partial charge in [-0.2, -0.15) is 0 Å². The third-order valence-electron chi connectivity index (χ3n) is 2.62. The third-order valence-corrected chi connectivity index (χ3v) is 4.39.